The number of nitrogens with zero attached hydrogens (tertiary/aromatic N) is 1. The summed E-state index contributed by atoms with van der Waals surface area (Å²) in [4.78, 5) is 13.5. The molecule has 1 unspecified atom stereocenters. The van der Waals surface area contributed by atoms with Crippen LogP contribution in [-0.2, 0) is 11.8 Å². The highest BCUT2D eigenvalue weighted by molar-refractivity contribution is 9.10. The molecule has 2 N–H and O–H groups in total. The smallest absolute Gasteiger partial charge is 0.279 e. The van der Waals surface area contributed by atoms with Gasteiger partial charge in [0.25, 0.3) is 5.91 Å². The maximum Gasteiger partial charge on any atom is 0.279 e. The fourth-order valence-corrected chi connectivity index (χ4v) is 3.64. The SMILES string of the molecule is Cn1cccc1[C@@H]1CCC[NH+]1CC(=O)Nc1ccc(Br)cc1F. The Kier molecular flexibility index (Phi) is 4.82. The van der Waals surface area contributed by atoms with Crippen molar-refractivity contribution >= 4 is 27.5 Å². The Balaban J connectivity index is 1.66. The first-order valence-electron chi connectivity index (χ1n) is 7.75. The third kappa shape index (κ3) is 3.64. The molecule has 0 saturated carbocycles. The van der Waals surface area contributed by atoms with Crippen molar-refractivity contribution in [3.05, 3.63) is 52.5 Å². The molecule has 2 heterocycles. The van der Waals surface area contributed by atoms with Crippen molar-refractivity contribution in [2.75, 3.05) is 18.4 Å². The topological polar surface area (TPSA) is 38.5 Å². The lowest BCUT2D eigenvalue weighted by Gasteiger charge is -2.21. The van der Waals surface area contributed by atoms with Crippen LogP contribution in [-0.4, -0.2) is 23.6 Å². The van der Waals surface area contributed by atoms with Crippen molar-refractivity contribution in [2.24, 2.45) is 7.05 Å². The van der Waals surface area contributed by atoms with E-state index in [2.05, 4.69) is 31.9 Å². The molecule has 0 radical (unpaired) electrons. The van der Waals surface area contributed by atoms with Gasteiger partial charge in [0, 0.05) is 30.6 Å². The lowest BCUT2D eigenvalue weighted by atomic mass is 10.1. The lowest BCUT2D eigenvalue weighted by molar-refractivity contribution is -0.910. The van der Waals surface area contributed by atoms with Crippen molar-refractivity contribution in [1.29, 1.82) is 0 Å². The number of aryl methyl sites for hydroxylation is 1. The van der Waals surface area contributed by atoms with Crippen molar-refractivity contribution in [1.82, 2.24) is 4.57 Å². The Labute approximate surface area is 143 Å². The fraction of sp³-hybridized carbons (Fsp3) is 0.353. The predicted octanol–water partition coefficient (Wildman–Crippen LogP) is 2.29. The maximum absolute atomic E-state index is 13.8. The van der Waals surface area contributed by atoms with Gasteiger partial charge in [0.1, 0.15) is 11.9 Å². The molecule has 0 aliphatic carbocycles. The molecular formula is C17H20BrFN3O+. The average Bonchev–Trinajstić information content (AvgIpc) is 3.10. The Hall–Kier alpha value is -1.66. The number of anilines is 1. The van der Waals surface area contributed by atoms with Gasteiger partial charge in [0.15, 0.2) is 6.54 Å². The molecule has 1 aliphatic heterocycles. The summed E-state index contributed by atoms with van der Waals surface area (Å²) in [6.07, 6.45) is 4.21. The number of amides is 1. The van der Waals surface area contributed by atoms with Crippen molar-refractivity contribution in [3.8, 4) is 0 Å². The molecule has 1 saturated heterocycles. The summed E-state index contributed by atoms with van der Waals surface area (Å²) in [5.41, 5.74) is 1.48. The normalized spacial score (nSPS) is 20.7. The lowest BCUT2D eigenvalue weighted by Crippen LogP contribution is -3.11. The van der Waals surface area contributed by atoms with Crippen molar-refractivity contribution in [3.63, 3.8) is 0 Å². The Bertz CT molecular complexity index is 716. The number of quaternary nitrogens is 1. The van der Waals surface area contributed by atoms with Crippen LogP contribution in [0, 0.1) is 5.82 Å². The van der Waals surface area contributed by atoms with E-state index in [1.54, 1.807) is 12.1 Å². The zero-order valence-corrected chi connectivity index (χ0v) is 14.6. The molecule has 1 aromatic heterocycles. The fourth-order valence-electron chi connectivity index (χ4n) is 3.31. The molecule has 3 rings (SSSR count). The van der Waals surface area contributed by atoms with Gasteiger partial charge in [0.05, 0.1) is 17.9 Å². The Morgan fingerprint density at radius 1 is 1.48 bits per heavy atom. The first-order chi connectivity index (χ1) is 11.0. The molecule has 0 bridgehead atoms. The number of hydrogen-bond acceptors (Lipinski definition) is 1. The first-order valence-corrected chi connectivity index (χ1v) is 8.54. The van der Waals surface area contributed by atoms with Crippen LogP contribution in [0.3, 0.4) is 0 Å². The van der Waals surface area contributed by atoms with E-state index in [1.807, 2.05) is 19.3 Å². The molecular weight excluding hydrogens is 361 g/mol. The number of carbonyl (C=O) groups is 1. The number of hydrogen-bond donors (Lipinski definition) is 2. The van der Waals surface area contributed by atoms with Gasteiger partial charge >= 0.3 is 0 Å². The van der Waals surface area contributed by atoms with Crippen LogP contribution in [0.15, 0.2) is 41.0 Å². The van der Waals surface area contributed by atoms with Gasteiger partial charge in [-0.3, -0.25) is 4.79 Å². The van der Waals surface area contributed by atoms with Gasteiger partial charge in [-0.25, -0.2) is 4.39 Å². The number of likely N-dealkylation sites (tertiary alicyclic amines) is 1. The summed E-state index contributed by atoms with van der Waals surface area (Å²) in [5.74, 6) is -0.578. The molecule has 4 nitrogen and oxygen atoms in total. The first kappa shape index (κ1) is 16.2. The standard InChI is InChI=1S/C17H19BrFN3O/c1-21-8-2-4-15(21)16-5-3-9-22(16)11-17(23)20-14-7-6-12(18)10-13(14)19/h2,4,6-8,10,16H,3,5,9,11H2,1H3,(H,20,23)/p+1/t16-/m0/s1. The Morgan fingerprint density at radius 3 is 3.00 bits per heavy atom. The highest BCUT2D eigenvalue weighted by atomic mass is 79.9. The van der Waals surface area contributed by atoms with Crippen molar-refractivity contribution in [2.45, 2.75) is 18.9 Å². The summed E-state index contributed by atoms with van der Waals surface area (Å²) in [5, 5.41) is 2.68. The number of carbonyl (C=O) groups excluding carboxylic acids is 1. The molecule has 1 aliphatic rings. The zero-order chi connectivity index (χ0) is 16.4. The van der Waals surface area contributed by atoms with Crippen LogP contribution < -0.4 is 10.2 Å². The third-order valence-electron chi connectivity index (χ3n) is 4.42. The van der Waals surface area contributed by atoms with Gasteiger partial charge < -0.3 is 14.8 Å². The van der Waals surface area contributed by atoms with Crippen LogP contribution in [0.5, 0.6) is 0 Å². The van der Waals surface area contributed by atoms with Crippen LogP contribution in [0.25, 0.3) is 0 Å². The predicted molar refractivity (Wildman–Crippen MR) is 90.8 cm³/mol. The molecule has 2 atom stereocenters. The second-order valence-corrected chi connectivity index (χ2v) is 6.91. The number of halogens is 2. The van der Waals surface area contributed by atoms with Crippen LogP contribution in [0.4, 0.5) is 10.1 Å². The molecule has 6 heteroatoms. The van der Waals surface area contributed by atoms with E-state index in [0.29, 0.717) is 17.1 Å². The average molecular weight is 381 g/mol. The van der Waals surface area contributed by atoms with Gasteiger partial charge in [-0.1, -0.05) is 15.9 Å². The van der Waals surface area contributed by atoms with E-state index in [1.165, 1.54) is 16.7 Å². The summed E-state index contributed by atoms with van der Waals surface area (Å²) >= 11 is 3.21. The van der Waals surface area contributed by atoms with Crippen LogP contribution in [0.2, 0.25) is 0 Å². The number of rotatable bonds is 4. The molecule has 2 aromatic rings. The maximum atomic E-state index is 13.8. The van der Waals surface area contributed by atoms with Crippen molar-refractivity contribution < 1.29 is 14.1 Å². The van der Waals surface area contributed by atoms with E-state index >= 15 is 0 Å². The summed E-state index contributed by atoms with van der Waals surface area (Å²) in [7, 11) is 2.03. The highest BCUT2D eigenvalue weighted by Crippen LogP contribution is 2.20. The van der Waals surface area contributed by atoms with E-state index in [9.17, 15) is 9.18 Å². The van der Waals surface area contributed by atoms with Crippen LogP contribution in [0.1, 0.15) is 24.6 Å². The van der Waals surface area contributed by atoms with E-state index < -0.39 is 5.82 Å². The number of nitrogens with one attached hydrogen (secondary N) is 2. The summed E-state index contributed by atoms with van der Waals surface area (Å²) in [6.45, 7) is 1.32. The Morgan fingerprint density at radius 2 is 2.30 bits per heavy atom. The second kappa shape index (κ2) is 6.84. The number of aromatic nitrogens is 1. The third-order valence-corrected chi connectivity index (χ3v) is 4.91. The second-order valence-electron chi connectivity index (χ2n) is 6.00. The van der Waals surface area contributed by atoms with Gasteiger partial charge in [-0.05, 0) is 30.3 Å². The summed E-state index contributed by atoms with van der Waals surface area (Å²) in [6, 6.07) is 9.12. The van der Waals surface area contributed by atoms with Crippen LogP contribution >= 0.6 is 15.9 Å². The summed E-state index contributed by atoms with van der Waals surface area (Å²) < 4.78 is 16.6. The van der Waals surface area contributed by atoms with Gasteiger partial charge in [0.2, 0.25) is 0 Å². The minimum Gasteiger partial charge on any atom is -0.350 e. The molecule has 1 amide bonds. The van der Waals surface area contributed by atoms with E-state index in [0.717, 1.165) is 19.4 Å². The molecule has 1 aromatic carbocycles. The van der Waals surface area contributed by atoms with Gasteiger partial charge in [-0.2, -0.15) is 0 Å². The zero-order valence-electron chi connectivity index (χ0n) is 13.0. The highest BCUT2D eigenvalue weighted by Gasteiger charge is 2.33. The molecule has 1 fully saturated rings. The largest absolute Gasteiger partial charge is 0.350 e. The molecule has 122 valence electrons. The minimum atomic E-state index is -0.428. The van der Waals surface area contributed by atoms with E-state index in [4.69, 9.17) is 0 Å². The molecule has 0 spiro atoms. The van der Waals surface area contributed by atoms with E-state index in [-0.39, 0.29) is 11.6 Å². The van der Waals surface area contributed by atoms with Gasteiger partial charge in [-0.15, -0.1) is 0 Å². The molecule has 23 heavy (non-hydrogen) atoms. The quantitative estimate of drug-likeness (QED) is 0.838. The monoisotopic (exact) mass is 380 g/mol. The number of benzene rings is 1. The minimum absolute atomic E-state index is 0.151.